The number of carbonyl (C=O) groups is 1. The van der Waals surface area contributed by atoms with Crippen molar-refractivity contribution < 1.29 is 18.0 Å². The van der Waals surface area contributed by atoms with Crippen LogP contribution in [0.4, 0.5) is 19.0 Å². The Labute approximate surface area is 183 Å². The fourth-order valence-corrected chi connectivity index (χ4v) is 4.07. The standard InChI is InChI=1S/C22H25F3N6O/c1-13-5-7-15(8-6-13)18-9-19(22(23,24)25)31-20(27-18)17(10-26-31)21(32)29(3)11-16-12-30(4)28-14(16)2/h5-8,10,12,18-19,27H,9,11H2,1-4H3/t18-,19+/m1/s1. The maximum atomic E-state index is 13.9. The van der Waals surface area contributed by atoms with E-state index in [9.17, 15) is 18.0 Å². The number of nitrogens with zero attached hydrogens (tertiary/aromatic N) is 5. The molecule has 7 nitrogen and oxygen atoms in total. The van der Waals surface area contributed by atoms with Crippen LogP contribution in [0.25, 0.3) is 0 Å². The summed E-state index contributed by atoms with van der Waals surface area (Å²) in [6.45, 7) is 4.05. The monoisotopic (exact) mass is 446 g/mol. The Morgan fingerprint density at radius 2 is 1.94 bits per heavy atom. The number of nitrogens with one attached hydrogen (secondary N) is 1. The van der Waals surface area contributed by atoms with Gasteiger partial charge in [-0.3, -0.25) is 9.48 Å². The van der Waals surface area contributed by atoms with Crippen molar-refractivity contribution in [2.75, 3.05) is 12.4 Å². The van der Waals surface area contributed by atoms with Gasteiger partial charge in [-0.1, -0.05) is 29.8 Å². The summed E-state index contributed by atoms with van der Waals surface area (Å²) in [6.07, 6.45) is -1.67. The molecule has 0 aliphatic carbocycles. The number of fused-ring (bicyclic) bond motifs is 1. The molecule has 0 saturated carbocycles. The largest absolute Gasteiger partial charge is 0.410 e. The molecule has 0 spiro atoms. The maximum Gasteiger partial charge on any atom is 0.410 e. The van der Waals surface area contributed by atoms with Crippen LogP contribution in [0.1, 0.15) is 51.2 Å². The molecular weight excluding hydrogens is 421 g/mol. The highest BCUT2D eigenvalue weighted by Crippen LogP contribution is 2.44. The molecule has 0 radical (unpaired) electrons. The molecule has 1 N–H and O–H groups in total. The molecule has 3 heterocycles. The number of anilines is 1. The van der Waals surface area contributed by atoms with Crippen molar-refractivity contribution in [3.05, 3.63) is 64.6 Å². The number of halogens is 3. The van der Waals surface area contributed by atoms with Gasteiger partial charge in [0.2, 0.25) is 0 Å². The first-order valence-electron chi connectivity index (χ1n) is 10.3. The van der Waals surface area contributed by atoms with Gasteiger partial charge in [0.1, 0.15) is 11.4 Å². The summed E-state index contributed by atoms with van der Waals surface area (Å²) in [7, 11) is 3.40. The van der Waals surface area contributed by atoms with E-state index in [0.29, 0.717) is 0 Å². The molecule has 0 fully saturated rings. The molecule has 3 aromatic rings. The highest BCUT2D eigenvalue weighted by Gasteiger charge is 2.47. The molecule has 10 heteroatoms. The lowest BCUT2D eigenvalue weighted by atomic mass is 9.96. The zero-order chi connectivity index (χ0) is 23.2. The molecule has 1 aliphatic heterocycles. The zero-order valence-electron chi connectivity index (χ0n) is 18.3. The summed E-state index contributed by atoms with van der Waals surface area (Å²) in [6, 6.07) is 4.93. The Morgan fingerprint density at radius 3 is 2.53 bits per heavy atom. The highest BCUT2D eigenvalue weighted by atomic mass is 19.4. The van der Waals surface area contributed by atoms with E-state index in [4.69, 9.17) is 0 Å². The van der Waals surface area contributed by atoms with E-state index in [2.05, 4.69) is 15.5 Å². The minimum atomic E-state index is -4.50. The Morgan fingerprint density at radius 1 is 1.25 bits per heavy atom. The van der Waals surface area contributed by atoms with E-state index in [0.717, 1.165) is 27.1 Å². The number of alkyl halides is 3. The molecule has 2 atom stereocenters. The van der Waals surface area contributed by atoms with E-state index >= 15 is 0 Å². The molecule has 4 rings (SSSR count). The summed E-state index contributed by atoms with van der Waals surface area (Å²) in [5, 5.41) is 11.4. The number of aromatic nitrogens is 4. The first-order valence-corrected chi connectivity index (χ1v) is 10.3. The van der Waals surface area contributed by atoms with E-state index in [1.165, 1.54) is 11.1 Å². The second-order valence-electron chi connectivity index (χ2n) is 8.33. The van der Waals surface area contributed by atoms with Crippen molar-refractivity contribution in [2.45, 2.75) is 45.1 Å². The van der Waals surface area contributed by atoms with Crippen LogP contribution in [0, 0.1) is 13.8 Å². The number of hydrogen-bond acceptors (Lipinski definition) is 4. The third kappa shape index (κ3) is 4.09. The topological polar surface area (TPSA) is 68.0 Å². The number of benzene rings is 1. The second-order valence-corrected chi connectivity index (χ2v) is 8.33. The van der Waals surface area contributed by atoms with Gasteiger partial charge < -0.3 is 10.2 Å². The Balaban J connectivity index is 1.66. The molecule has 1 aliphatic rings. The molecule has 170 valence electrons. The average Bonchev–Trinajstić information content (AvgIpc) is 3.28. The summed E-state index contributed by atoms with van der Waals surface area (Å²) in [5.74, 6) is -0.323. The number of hydrogen-bond donors (Lipinski definition) is 1. The van der Waals surface area contributed by atoms with Crippen LogP contribution in [0.15, 0.2) is 36.7 Å². The average molecular weight is 446 g/mol. The zero-order valence-corrected chi connectivity index (χ0v) is 18.3. The first-order chi connectivity index (χ1) is 15.0. The van der Waals surface area contributed by atoms with Crippen molar-refractivity contribution in [1.82, 2.24) is 24.5 Å². The summed E-state index contributed by atoms with van der Waals surface area (Å²) < 4.78 is 44.2. The van der Waals surface area contributed by atoms with Crippen LogP contribution in [-0.4, -0.2) is 43.6 Å². The number of aryl methyl sites for hydroxylation is 3. The highest BCUT2D eigenvalue weighted by molar-refractivity contribution is 5.98. The third-order valence-corrected chi connectivity index (χ3v) is 5.82. The van der Waals surface area contributed by atoms with Crippen LogP contribution >= 0.6 is 0 Å². The van der Waals surface area contributed by atoms with Crippen LogP contribution in [0.2, 0.25) is 0 Å². The molecule has 32 heavy (non-hydrogen) atoms. The van der Waals surface area contributed by atoms with E-state index in [-0.39, 0.29) is 24.3 Å². The molecule has 0 bridgehead atoms. The maximum absolute atomic E-state index is 13.9. The smallest absolute Gasteiger partial charge is 0.363 e. The summed E-state index contributed by atoms with van der Waals surface area (Å²) >= 11 is 0. The molecule has 0 saturated heterocycles. The van der Waals surface area contributed by atoms with Crippen molar-refractivity contribution in [1.29, 1.82) is 0 Å². The molecular formula is C22H25F3N6O. The molecule has 1 amide bonds. The van der Waals surface area contributed by atoms with E-state index in [1.54, 1.807) is 18.8 Å². The molecule has 2 aromatic heterocycles. The molecule has 0 unspecified atom stereocenters. The normalized spacial score (nSPS) is 18.2. The predicted octanol–water partition coefficient (Wildman–Crippen LogP) is 4.17. The van der Waals surface area contributed by atoms with Gasteiger partial charge in [0, 0.05) is 38.8 Å². The lowest BCUT2D eigenvalue weighted by molar-refractivity contribution is -0.173. The number of rotatable bonds is 4. The van der Waals surface area contributed by atoms with Crippen LogP contribution in [-0.2, 0) is 13.6 Å². The Kier molecular flexibility index (Phi) is 5.47. The van der Waals surface area contributed by atoms with Crippen molar-refractivity contribution in [3.8, 4) is 0 Å². The van der Waals surface area contributed by atoms with Crippen LogP contribution in [0.3, 0.4) is 0 Å². The van der Waals surface area contributed by atoms with Gasteiger partial charge in [-0.05, 0) is 19.4 Å². The second kappa shape index (κ2) is 7.99. The third-order valence-electron chi connectivity index (χ3n) is 5.82. The fraction of sp³-hybridized carbons (Fsp3) is 0.409. The lowest BCUT2D eigenvalue weighted by Gasteiger charge is -2.34. The minimum absolute atomic E-state index is 0.0870. The van der Waals surface area contributed by atoms with Crippen LogP contribution in [0.5, 0.6) is 0 Å². The SMILES string of the molecule is Cc1ccc([C@H]2C[C@@H](C(F)(F)F)n3ncc(C(=O)N(C)Cc4cn(C)nc4C)c3N2)cc1. The van der Waals surface area contributed by atoms with Gasteiger partial charge in [0.15, 0.2) is 6.04 Å². The predicted molar refractivity (Wildman–Crippen MR) is 113 cm³/mol. The van der Waals surface area contributed by atoms with Gasteiger partial charge in [-0.2, -0.15) is 23.4 Å². The van der Waals surface area contributed by atoms with Gasteiger partial charge in [-0.15, -0.1) is 0 Å². The van der Waals surface area contributed by atoms with Gasteiger partial charge in [-0.25, -0.2) is 4.68 Å². The first kappa shape index (κ1) is 21.9. The van der Waals surface area contributed by atoms with Crippen molar-refractivity contribution >= 4 is 11.7 Å². The van der Waals surface area contributed by atoms with Crippen molar-refractivity contribution in [3.63, 3.8) is 0 Å². The number of amides is 1. The Bertz CT molecular complexity index is 1130. The van der Waals surface area contributed by atoms with Crippen molar-refractivity contribution in [2.24, 2.45) is 7.05 Å². The van der Waals surface area contributed by atoms with Crippen LogP contribution < -0.4 is 5.32 Å². The lowest BCUT2D eigenvalue weighted by Crippen LogP contribution is -2.36. The van der Waals surface area contributed by atoms with Gasteiger partial charge in [0.25, 0.3) is 5.91 Å². The van der Waals surface area contributed by atoms with E-state index in [1.807, 2.05) is 44.3 Å². The quantitative estimate of drug-likeness (QED) is 0.653. The fourth-order valence-electron chi connectivity index (χ4n) is 4.07. The minimum Gasteiger partial charge on any atom is -0.363 e. The Hall–Kier alpha value is -3.30. The summed E-state index contributed by atoms with van der Waals surface area (Å²) in [5.41, 5.74) is 3.52. The number of carbonyl (C=O) groups excluding carboxylic acids is 1. The van der Waals surface area contributed by atoms with Gasteiger partial charge >= 0.3 is 6.18 Å². The molecule has 1 aromatic carbocycles. The van der Waals surface area contributed by atoms with E-state index < -0.39 is 24.2 Å². The summed E-state index contributed by atoms with van der Waals surface area (Å²) in [4.78, 5) is 14.6. The van der Waals surface area contributed by atoms with Gasteiger partial charge in [0.05, 0.1) is 17.9 Å².